The van der Waals surface area contributed by atoms with Crippen molar-refractivity contribution >= 4 is 11.8 Å². The Hall–Kier alpha value is -1.89. The first-order valence-corrected chi connectivity index (χ1v) is 5.15. The third kappa shape index (κ3) is 2.28. The maximum atomic E-state index is 11.1. The van der Waals surface area contributed by atoms with Crippen LogP contribution < -0.4 is 9.64 Å². The molecule has 0 aromatic carbocycles. The second-order valence-electron chi connectivity index (χ2n) is 3.82. The highest BCUT2D eigenvalue weighted by Crippen LogP contribution is 2.24. The van der Waals surface area contributed by atoms with E-state index in [9.17, 15) is 9.90 Å². The summed E-state index contributed by atoms with van der Waals surface area (Å²) in [5.41, 5.74) is 0. The quantitative estimate of drug-likeness (QED) is 0.734. The Morgan fingerprint density at radius 1 is 1.59 bits per heavy atom. The highest BCUT2D eigenvalue weighted by Gasteiger charge is 2.37. The molecule has 2 unspecified atom stereocenters. The van der Waals surface area contributed by atoms with Crippen molar-refractivity contribution in [3.05, 3.63) is 12.4 Å². The van der Waals surface area contributed by atoms with E-state index in [2.05, 4.69) is 9.97 Å². The lowest BCUT2D eigenvalue weighted by molar-refractivity contribution is -0.138. The third-order valence-corrected chi connectivity index (χ3v) is 2.67. The normalized spacial score (nSPS) is 23.8. The van der Waals surface area contributed by atoms with Crippen molar-refractivity contribution in [2.24, 2.45) is 0 Å². The Morgan fingerprint density at radius 2 is 2.35 bits per heavy atom. The fourth-order valence-electron chi connectivity index (χ4n) is 1.88. The molecule has 7 nitrogen and oxygen atoms in total. The smallest absolute Gasteiger partial charge is 0.326 e. The summed E-state index contributed by atoms with van der Waals surface area (Å²) in [6.45, 7) is 0.235. The van der Waals surface area contributed by atoms with Crippen LogP contribution in [0.15, 0.2) is 12.4 Å². The average molecular weight is 239 g/mol. The van der Waals surface area contributed by atoms with Crippen LogP contribution in [0, 0.1) is 0 Å². The number of rotatable bonds is 3. The van der Waals surface area contributed by atoms with Crippen LogP contribution in [-0.2, 0) is 4.79 Å². The predicted molar refractivity (Wildman–Crippen MR) is 58.0 cm³/mol. The topological polar surface area (TPSA) is 95.8 Å². The number of aliphatic hydroxyl groups excluding tert-OH is 1. The van der Waals surface area contributed by atoms with Crippen LogP contribution in [0.3, 0.4) is 0 Å². The molecule has 2 rings (SSSR count). The summed E-state index contributed by atoms with van der Waals surface area (Å²) in [5, 5.41) is 18.6. The minimum Gasteiger partial charge on any atom is -0.480 e. The highest BCUT2D eigenvalue weighted by molar-refractivity contribution is 5.78. The second-order valence-corrected chi connectivity index (χ2v) is 3.82. The number of anilines is 1. The molecule has 0 aliphatic carbocycles. The van der Waals surface area contributed by atoms with Crippen LogP contribution in [0.25, 0.3) is 0 Å². The van der Waals surface area contributed by atoms with Crippen molar-refractivity contribution in [3.63, 3.8) is 0 Å². The number of aliphatic carboxylic acids is 1. The molecule has 2 heterocycles. The number of β-amino-alcohol motifs (C(OH)–C–C–N with tert-alkyl or cyclic N) is 1. The average Bonchev–Trinajstić information content (AvgIpc) is 2.72. The monoisotopic (exact) mass is 239 g/mol. The minimum atomic E-state index is -0.980. The molecule has 92 valence electrons. The summed E-state index contributed by atoms with van der Waals surface area (Å²) in [7, 11) is 1.46. The van der Waals surface area contributed by atoms with E-state index in [-0.39, 0.29) is 13.0 Å². The van der Waals surface area contributed by atoms with E-state index in [4.69, 9.17) is 9.84 Å². The Bertz CT molecular complexity index is 426. The van der Waals surface area contributed by atoms with Crippen molar-refractivity contribution in [2.75, 3.05) is 18.6 Å². The summed E-state index contributed by atoms with van der Waals surface area (Å²) in [6, 6.07) is -0.772. The number of carbonyl (C=O) groups is 1. The van der Waals surface area contributed by atoms with Gasteiger partial charge in [0.05, 0.1) is 25.6 Å². The Kier molecular flexibility index (Phi) is 3.10. The van der Waals surface area contributed by atoms with E-state index in [1.54, 1.807) is 0 Å². The Balaban J connectivity index is 2.28. The molecule has 0 bridgehead atoms. The molecule has 1 aromatic heterocycles. The lowest BCUT2D eigenvalue weighted by atomic mass is 10.2. The molecule has 7 heteroatoms. The number of methoxy groups -OCH3 is 1. The molecule has 2 N–H and O–H groups in total. The van der Waals surface area contributed by atoms with Crippen LogP contribution in [0.1, 0.15) is 6.42 Å². The molecule has 1 fully saturated rings. The Morgan fingerprint density at radius 3 is 3.00 bits per heavy atom. The molecule has 1 saturated heterocycles. The summed E-state index contributed by atoms with van der Waals surface area (Å²) < 4.78 is 4.93. The molecular formula is C10H13N3O4. The molecule has 1 aliphatic rings. The van der Waals surface area contributed by atoms with Gasteiger partial charge >= 0.3 is 5.97 Å². The van der Waals surface area contributed by atoms with Gasteiger partial charge < -0.3 is 19.8 Å². The fraction of sp³-hybridized carbons (Fsp3) is 0.500. The maximum absolute atomic E-state index is 11.1. The minimum absolute atomic E-state index is 0.189. The first-order valence-electron chi connectivity index (χ1n) is 5.15. The summed E-state index contributed by atoms with van der Waals surface area (Å²) >= 11 is 0. The second kappa shape index (κ2) is 4.54. The predicted octanol–water partition coefficient (Wildman–Crippen LogP) is -0.491. The van der Waals surface area contributed by atoms with Gasteiger partial charge in [0.1, 0.15) is 6.04 Å². The lowest BCUT2D eigenvalue weighted by Crippen LogP contribution is -2.36. The largest absolute Gasteiger partial charge is 0.480 e. The number of aliphatic hydroxyl groups is 1. The van der Waals surface area contributed by atoms with Gasteiger partial charge in [0.25, 0.3) is 0 Å². The van der Waals surface area contributed by atoms with E-state index in [0.717, 1.165) is 0 Å². The van der Waals surface area contributed by atoms with Gasteiger partial charge in [-0.05, 0) is 0 Å². The number of aromatic nitrogens is 2. The van der Waals surface area contributed by atoms with Gasteiger partial charge in [-0.1, -0.05) is 0 Å². The number of carboxylic acids is 1. The molecule has 1 aliphatic heterocycles. The van der Waals surface area contributed by atoms with Crippen LogP contribution in [0.2, 0.25) is 0 Å². The van der Waals surface area contributed by atoms with Gasteiger partial charge in [-0.2, -0.15) is 4.98 Å². The highest BCUT2D eigenvalue weighted by atomic mass is 16.5. The maximum Gasteiger partial charge on any atom is 0.326 e. The zero-order valence-electron chi connectivity index (χ0n) is 9.28. The number of nitrogens with zero attached hydrogens (tertiary/aromatic N) is 3. The number of carboxylic acid groups (broad SMARTS) is 1. The molecule has 17 heavy (non-hydrogen) atoms. The Labute approximate surface area is 97.7 Å². The van der Waals surface area contributed by atoms with Crippen molar-refractivity contribution in [2.45, 2.75) is 18.6 Å². The molecule has 0 saturated carbocycles. The number of hydrogen-bond acceptors (Lipinski definition) is 6. The van der Waals surface area contributed by atoms with Gasteiger partial charge in [0.2, 0.25) is 5.88 Å². The van der Waals surface area contributed by atoms with Crippen LogP contribution in [0.4, 0.5) is 5.82 Å². The first kappa shape index (κ1) is 11.6. The van der Waals surface area contributed by atoms with E-state index < -0.39 is 18.1 Å². The van der Waals surface area contributed by atoms with Crippen LogP contribution in [-0.4, -0.2) is 52.0 Å². The summed E-state index contributed by atoms with van der Waals surface area (Å²) in [6.07, 6.45) is 2.42. The lowest BCUT2D eigenvalue weighted by Gasteiger charge is -2.21. The first-order chi connectivity index (χ1) is 8.11. The van der Waals surface area contributed by atoms with E-state index in [1.807, 2.05) is 0 Å². The van der Waals surface area contributed by atoms with Crippen molar-refractivity contribution in [1.29, 1.82) is 0 Å². The zero-order valence-corrected chi connectivity index (χ0v) is 9.28. The number of ether oxygens (including phenoxy) is 1. The molecule has 1 aromatic rings. The standard InChI is InChI=1S/C10H13N3O4/c1-17-9-4-11-3-8(12-9)13-5-6(14)2-7(13)10(15)16/h3-4,6-7,14H,2,5H2,1H3,(H,15,16). The van der Waals surface area contributed by atoms with Crippen LogP contribution >= 0.6 is 0 Å². The van der Waals surface area contributed by atoms with Gasteiger partial charge in [0.15, 0.2) is 5.82 Å². The van der Waals surface area contributed by atoms with Gasteiger partial charge in [0, 0.05) is 13.0 Å². The molecule has 0 amide bonds. The van der Waals surface area contributed by atoms with Crippen molar-refractivity contribution < 1.29 is 19.7 Å². The SMILES string of the molecule is COc1cncc(N2CC(O)CC2C(=O)O)n1. The third-order valence-electron chi connectivity index (χ3n) is 2.67. The molecular weight excluding hydrogens is 226 g/mol. The van der Waals surface area contributed by atoms with Gasteiger partial charge in [-0.25, -0.2) is 4.79 Å². The van der Waals surface area contributed by atoms with Gasteiger partial charge in [-0.15, -0.1) is 0 Å². The van der Waals surface area contributed by atoms with E-state index in [1.165, 1.54) is 24.4 Å². The van der Waals surface area contributed by atoms with E-state index in [0.29, 0.717) is 11.7 Å². The zero-order chi connectivity index (χ0) is 12.4. The number of hydrogen-bond donors (Lipinski definition) is 2. The molecule has 0 spiro atoms. The van der Waals surface area contributed by atoms with Crippen molar-refractivity contribution in [1.82, 2.24) is 9.97 Å². The van der Waals surface area contributed by atoms with Crippen LogP contribution in [0.5, 0.6) is 5.88 Å². The summed E-state index contributed by atoms with van der Waals surface area (Å²) in [5.74, 6) is -0.271. The van der Waals surface area contributed by atoms with Crippen molar-refractivity contribution in [3.8, 4) is 5.88 Å². The molecule has 2 atom stereocenters. The van der Waals surface area contributed by atoms with Gasteiger partial charge in [-0.3, -0.25) is 4.98 Å². The fourth-order valence-corrected chi connectivity index (χ4v) is 1.88. The summed E-state index contributed by atoms with van der Waals surface area (Å²) in [4.78, 5) is 20.6. The van der Waals surface area contributed by atoms with E-state index >= 15 is 0 Å². The molecule has 0 radical (unpaired) electrons.